The van der Waals surface area contributed by atoms with Crippen LogP contribution >= 0.6 is 0 Å². The summed E-state index contributed by atoms with van der Waals surface area (Å²) in [4.78, 5) is 0. The van der Waals surface area contributed by atoms with Gasteiger partial charge < -0.3 is 0 Å². The second-order valence-corrected chi connectivity index (χ2v) is 23.9. The van der Waals surface area contributed by atoms with Crippen LogP contribution in [0.2, 0.25) is 0 Å². The van der Waals surface area contributed by atoms with E-state index in [9.17, 15) is 0 Å². The van der Waals surface area contributed by atoms with Crippen molar-refractivity contribution in [3.63, 3.8) is 0 Å². The first kappa shape index (κ1) is 40.1. The molecule has 0 saturated heterocycles. The number of benzene rings is 10. The first-order valence-electron chi connectivity index (χ1n) is 23.3. The third kappa shape index (κ3) is 5.86. The second kappa shape index (κ2) is 12.7. The SMILES string of the molecule is CC(C)(C)c1cc2ccc3cc(C(C)(C)C)c(-c4ccc5c(c4)C(C)(C)c4cc(-c6c(C(C)(C)C)cc7ccc8cc(C(C)(C)C)cc9ccc6c7c89)ccc4-5)c4ccc(c1)c2c34. The van der Waals surface area contributed by atoms with E-state index in [0.717, 1.165) is 0 Å². The van der Waals surface area contributed by atoms with Gasteiger partial charge in [-0.1, -0.05) is 194 Å². The zero-order valence-corrected chi connectivity index (χ0v) is 40.0. The fraction of sp³-hybridized carbons (Fsp3) is 0.302. The van der Waals surface area contributed by atoms with Crippen molar-refractivity contribution < 1.29 is 0 Å². The summed E-state index contributed by atoms with van der Waals surface area (Å²) in [5.74, 6) is 0. The maximum Gasteiger partial charge on any atom is 0.0159 e. The molecule has 0 heteroatoms. The van der Waals surface area contributed by atoms with Gasteiger partial charge in [0.05, 0.1) is 0 Å². The fourth-order valence-corrected chi connectivity index (χ4v) is 11.5. The Morgan fingerprint density at radius 3 is 0.952 bits per heavy atom. The maximum absolute atomic E-state index is 2.55. The van der Waals surface area contributed by atoms with E-state index in [0.29, 0.717) is 0 Å². The monoisotopic (exact) mass is 818 g/mol. The summed E-state index contributed by atoms with van der Waals surface area (Å²) in [6.45, 7) is 33.1. The first-order chi connectivity index (χ1) is 29.5. The molecule has 0 heterocycles. The van der Waals surface area contributed by atoms with Gasteiger partial charge in [-0.3, -0.25) is 0 Å². The van der Waals surface area contributed by atoms with Crippen molar-refractivity contribution in [2.75, 3.05) is 0 Å². The second-order valence-electron chi connectivity index (χ2n) is 23.9. The molecular weight excluding hydrogens is 757 g/mol. The van der Waals surface area contributed by atoms with Gasteiger partial charge in [-0.15, -0.1) is 0 Å². The molecule has 0 unspecified atom stereocenters. The molecule has 0 amide bonds. The van der Waals surface area contributed by atoms with Crippen LogP contribution in [0.15, 0.2) is 121 Å². The lowest BCUT2D eigenvalue weighted by atomic mass is 9.75. The Morgan fingerprint density at radius 2 is 0.635 bits per heavy atom. The van der Waals surface area contributed by atoms with Crippen molar-refractivity contribution in [1.29, 1.82) is 0 Å². The Labute approximate surface area is 375 Å². The van der Waals surface area contributed by atoms with Crippen molar-refractivity contribution in [1.82, 2.24) is 0 Å². The summed E-state index contributed by atoms with van der Waals surface area (Å²) in [5.41, 5.74) is 16.3. The predicted molar refractivity (Wildman–Crippen MR) is 277 cm³/mol. The number of rotatable bonds is 2. The summed E-state index contributed by atoms with van der Waals surface area (Å²) in [5, 5.41) is 16.3. The highest BCUT2D eigenvalue weighted by Gasteiger charge is 2.37. The molecule has 0 aliphatic heterocycles. The topological polar surface area (TPSA) is 0 Å². The van der Waals surface area contributed by atoms with E-state index in [1.807, 2.05) is 0 Å². The van der Waals surface area contributed by atoms with Crippen molar-refractivity contribution >= 4 is 64.6 Å². The summed E-state index contributed by atoms with van der Waals surface area (Å²) in [6, 6.07) is 48.6. The van der Waals surface area contributed by atoms with Gasteiger partial charge in [0, 0.05) is 5.41 Å². The lowest BCUT2D eigenvalue weighted by Gasteiger charge is -2.28. The molecule has 0 saturated carbocycles. The van der Waals surface area contributed by atoms with Crippen LogP contribution in [0.1, 0.15) is 130 Å². The van der Waals surface area contributed by atoms with Gasteiger partial charge >= 0.3 is 0 Å². The molecule has 10 aromatic rings. The summed E-state index contributed by atoms with van der Waals surface area (Å²) >= 11 is 0. The largest absolute Gasteiger partial charge is 0.0561 e. The van der Waals surface area contributed by atoms with E-state index in [2.05, 4.69) is 218 Å². The fourth-order valence-electron chi connectivity index (χ4n) is 11.5. The zero-order chi connectivity index (χ0) is 44.5. The molecule has 1 aliphatic rings. The molecule has 1 aliphatic carbocycles. The first-order valence-corrected chi connectivity index (χ1v) is 23.3. The van der Waals surface area contributed by atoms with E-state index < -0.39 is 0 Å². The Kier molecular flexibility index (Phi) is 8.09. The van der Waals surface area contributed by atoms with E-state index >= 15 is 0 Å². The van der Waals surface area contributed by atoms with Crippen LogP contribution in [0.3, 0.4) is 0 Å². The minimum absolute atomic E-state index is 0.0497. The predicted octanol–water partition coefficient (Wildman–Crippen LogP) is 18.3. The summed E-state index contributed by atoms with van der Waals surface area (Å²) in [7, 11) is 0. The maximum atomic E-state index is 2.55. The van der Waals surface area contributed by atoms with Gasteiger partial charge in [-0.25, -0.2) is 0 Å². The molecule has 10 aromatic carbocycles. The summed E-state index contributed by atoms with van der Waals surface area (Å²) in [6.07, 6.45) is 0. The Balaban J connectivity index is 1.10. The number of hydrogen-bond donors (Lipinski definition) is 0. The molecule has 0 bridgehead atoms. The molecule has 11 rings (SSSR count). The zero-order valence-electron chi connectivity index (χ0n) is 40.0. The van der Waals surface area contributed by atoms with Crippen molar-refractivity contribution in [2.24, 2.45) is 0 Å². The van der Waals surface area contributed by atoms with Crippen LogP contribution < -0.4 is 0 Å². The Hall–Kier alpha value is -5.72. The highest BCUT2D eigenvalue weighted by molar-refractivity contribution is 6.27. The van der Waals surface area contributed by atoms with Gasteiger partial charge in [-0.05, 0) is 177 Å². The smallest absolute Gasteiger partial charge is 0.0159 e. The van der Waals surface area contributed by atoms with Crippen LogP contribution in [-0.4, -0.2) is 0 Å². The molecule has 0 nitrogen and oxygen atoms in total. The van der Waals surface area contributed by atoms with Crippen LogP contribution in [0.4, 0.5) is 0 Å². The molecule has 0 aromatic heterocycles. The minimum atomic E-state index is -0.194. The van der Waals surface area contributed by atoms with E-state index in [-0.39, 0.29) is 27.1 Å². The van der Waals surface area contributed by atoms with Crippen molar-refractivity contribution in [3.8, 4) is 33.4 Å². The van der Waals surface area contributed by atoms with Gasteiger partial charge in [0.1, 0.15) is 0 Å². The lowest BCUT2D eigenvalue weighted by molar-refractivity contribution is 0.591. The minimum Gasteiger partial charge on any atom is -0.0561 e. The quantitative estimate of drug-likeness (QED) is 0.152. The lowest BCUT2D eigenvalue weighted by Crippen LogP contribution is -2.16. The average molecular weight is 819 g/mol. The average Bonchev–Trinajstić information content (AvgIpc) is 3.44. The van der Waals surface area contributed by atoms with Crippen LogP contribution in [-0.2, 0) is 27.1 Å². The van der Waals surface area contributed by atoms with E-state index in [1.54, 1.807) is 0 Å². The van der Waals surface area contributed by atoms with Crippen molar-refractivity contribution in [2.45, 2.75) is 124 Å². The molecule has 63 heavy (non-hydrogen) atoms. The van der Waals surface area contributed by atoms with Gasteiger partial charge in [0.2, 0.25) is 0 Å². The third-order valence-corrected chi connectivity index (χ3v) is 15.0. The van der Waals surface area contributed by atoms with E-state index in [4.69, 9.17) is 0 Å². The number of hydrogen-bond acceptors (Lipinski definition) is 0. The standard InChI is InChI=1S/C63H62/c1-59(2,3)43-27-35-15-17-41-33-51(61(7,8)9)55(47-25-21-37(29-43)53(35)57(41)47)39-19-23-45-46-24-20-40(32-50(46)63(13,14)49(45)31-39)56-48-26-22-38-30-44(60(4,5)6)28-36-16-18-42(58(48)54(36)38)34-52(56)62(10,11)12/h15-34H,1-14H3. The molecule has 0 spiro atoms. The Morgan fingerprint density at radius 1 is 0.317 bits per heavy atom. The van der Waals surface area contributed by atoms with Gasteiger partial charge in [0.15, 0.2) is 0 Å². The molecule has 0 radical (unpaired) electrons. The molecule has 0 N–H and O–H groups in total. The molecular formula is C63H62. The highest BCUT2D eigenvalue weighted by Crippen LogP contribution is 2.54. The molecule has 314 valence electrons. The molecule has 0 fully saturated rings. The van der Waals surface area contributed by atoms with Crippen LogP contribution in [0, 0.1) is 0 Å². The van der Waals surface area contributed by atoms with Gasteiger partial charge in [-0.2, -0.15) is 0 Å². The Bertz CT molecular complexity index is 3260. The normalized spacial score (nSPS) is 14.6. The van der Waals surface area contributed by atoms with Crippen LogP contribution in [0.25, 0.3) is 98.0 Å². The highest BCUT2D eigenvalue weighted by atomic mass is 14.4. The van der Waals surface area contributed by atoms with Gasteiger partial charge in [0.25, 0.3) is 0 Å². The van der Waals surface area contributed by atoms with Crippen molar-refractivity contribution in [3.05, 3.63) is 155 Å². The molecule has 0 atom stereocenters. The number of fused-ring (bicyclic) bond motifs is 3. The third-order valence-electron chi connectivity index (χ3n) is 15.0. The summed E-state index contributed by atoms with van der Waals surface area (Å²) < 4.78 is 0. The van der Waals surface area contributed by atoms with Crippen LogP contribution in [0.5, 0.6) is 0 Å². The van der Waals surface area contributed by atoms with E-state index in [1.165, 1.54) is 131 Å².